The number of hydrogen-bond donors (Lipinski definition) is 0. The molecule has 1 aromatic rings. The zero-order valence-corrected chi connectivity index (χ0v) is 11.7. The van der Waals surface area contributed by atoms with Crippen LogP contribution >= 0.6 is 0 Å². The summed E-state index contributed by atoms with van der Waals surface area (Å²) in [7, 11) is 0. The smallest absolute Gasteiger partial charge is 0.150 e. The van der Waals surface area contributed by atoms with E-state index in [9.17, 15) is 0 Å². The van der Waals surface area contributed by atoms with Gasteiger partial charge < -0.3 is 4.90 Å². The van der Waals surface area contributed by atoms with Gasteiger partial charge >= 0.3 is 0 Å². The van der Waals surface area contributed by atoms with E-state index in [0.717, 1.165) is 24.7 Å². The Morgan fingerprint density at radius 1 is 1.33 bits per heavy atom. The lowest BCUT2D eigenvalue weighted by atomic mass is 9.88. The van der Waals surface area contributed by atoms with Crippen LogP contribution in [0.1, 0.15) is 57.3 Å². The number of fused-ring (bicyclic) bond motifs is 1. The maximum atomic E-state index is 4.85. The summed E-state index contributed by atoms with van der Waals surface area (Å²) in [6.07, 6.45) is 7.11. The van der Waals surface area contributed by atoms with Gasteiger partial charge in [-0.15, -0.1) is 0 Å². The molecule has 3 nitrogen and oxygen atoms in total. The maximum absolute atomic E-state index is 4.85. The fraction of sp³-hybridized carbons (Fsp3) is 0.733. The molecule has 0 amide bonds. The Morgan fingerprint density at radius 2 is 2.11 bits per heavy atom. The van der Waals surface area contributed by atoms with Crippen LogP contribution in [0.15, 0.2) is 6.20 Å². The minimum atomic E-state index is 0.470. The summed E-state index contributed by atoms with van der Waals surface area (Å²) in [5.74, 6) is 2.34. The third-order valence-electron chi connectivity index (χ3n) is 4.27. The van der Waals surface area contributed by atoms with E-state index < -0.39 is 0 Å². The molecule has 98 valence electrons. The van der Waals surface area contributed by atoms with Crippen LogP contribution < -0.4 is 4.90 Å². The molecule has 0 spiro atoms. The first-order valence-electron chi connectivity index (χ1n) is 7.27. The summed E-state index contributed by atoms with van der Waals surface area (Å²) in [6.45, 7) is 7.87. The van der Waals surface area contributed by atoms with E-state index in [1.807, 2.05) is 6.20 Å². The molecule has 2 aliphatic rings. The van der Waals surface area contributed by atoms with E-state index in [4.69, 9.17) is 9.97 Å². The molecule has 0 aromatic carbocycles. The standard InChI is InChI=1S/C15H23N3/c1-10(2)14-8-16-15-13(17-14)7-11(3)9-18(15)12-5-4-6-12/h8,10-12H,4-7,9H2,1-3H3/t11-/m0/s1. The van der Waals surface area contributed by atoms with Gasteiger partial charge in [0.05, 0.1) is 17.6 Å². The second-order valence-corrected chi connectivity index (χ2v) is 6.27. The number of nitrogens with zero attached hydrogens (tertiary/aromatic N) is 3. The normalized spacial score (nSPS) is 24.0. The molecule has 3 rings (SSSR count). The van der Waals surface area contributed by atoms with Gasteiger partial charge in [0.15, 0.2) is 5.82 Å². The molecule has 1 saturated carbocycles. The lowest BCUT2D eigenvalue weighted by Gasteiger charge is -2.43. The van der Waals surface area contributed by atoms with Crippen molar-refractivity contribution in [2.24, 2.45) is 5.92 Å². The Kier molecular flexibility index (Phi) is 3.00. The van der Waals surface area contributed by atoms with Crippen LogP contribution in [0.3, 0.4) is 0 Å². The van der Waals surface area contributed by atoms with E-state index in [-0.39, 0.29) is 0 Å². The monoisotopic (exact) mass is 245 g/mol. The summed E-state index contributed by atoms with van der Waals surface area (Å²) in [4.78, 5) is 12.1. The lowest BCUT2D eigenvalue weighted by Crippen LogP contribution is -2.46. The first-order chi connectivity index (χ1) is 8.65. The SMILES string of the molecule is CC(C)c1cnc2c(n1)C[C@H](C)CN2C1CCC1. The van der Waals surface area contributed by atoms with Crippen LogP contribution in [0.4, 0.5) is 5.82 Å². The van der Waals surface area contributed by atoms with Crippen molar-refractivity contribution in [3.05, 3.63) is 17.6 Å². The molecule has 1 fully saturated rings. The molecule has 1 aliphatic carbocycles. The molecule has 0 radical (unpaired) electrons. The van der Waals surface area contributed by atoms with Crippen LogP contribution in [0.25, 0.3) is 0 Å². The van der Waals surface area contributed by atoms with Crippen molar-refractivity contribution in [1.82, 2.24) is 9.97 Å². The highest BCUT2D eigenvalue weighted by Crippen LogP contribution is 2.35. The molecule has 1 aromatic heterocycles. The number of hydrogen-bond acceptors (Lipinski definition) is 3. The van der Waals surface area contributed by atoms with Gasteiger partial charge in [0.2, 0.25) is 0 Å². The van der Waals surface area contributed by atoms with Gasteiger partial charge in [0.1, 0.15) is 0 Å². The van der Waals surface area contributed by atoms with Gasteiger partial charge in [0.25, 0.3) is 0 Å². The zero-order valence-electron chi connectivity index (χ0n) is 11.7. The summed E-state index contributed by atoms with van der Waals surface area (Å²) >= 11 is 0. The van der Waals surface area contributed by atoms with Gasteiger partial charge in [-0.1, -0.05) is 20.8 Å². The molecule has 2 heterocycles. The van der Waals surface area contributed by atoms with Gasteiger partial charge in [-0.25, -0.2) is 4.98 Å². The minimum Gasteiger partial charge on any atom is -0.352 e. The van der Waals surface area contributed by atoms with Crippen LogP contribution in [0, 0.1) is 5.92 Å². The largest absolute Gasteiger partial charge is 0.352 e. The van der Waals surface area contributed by atoms with Crippen molar-refractivity contribution < 1.29 is 0 Å². The summed E-state index contributed by atoms with van der Waals surface area (Å²) < 4.78 is 0. The van der Waals surface area contributed by atoms with E-state index in [2.05, 4.69) is 25.7 Å². The van der Waals surface area contributed by atoms with Crippen molar-refractivity contribution in [1.29, 1.82) is 0 Å². The van der Waals surface area contributed by atoms with Gasteiger partial charge in [-0.3, -0.25) is 4.98 Å². The molecular weight excluding hydrogens is 222 g/mol. The molecule has 1 atom stereocenters. The van der Waals surface area contributed by atoms with E-state index in [0.29, 0.717) is 11.8 Å². The van der Waals surface area contributed by atoms with Crippen molar-refractivity contribution in [2.45, 2.75) is 58.4 Å². The summed E-state index contributed by atoms with van der Waals surface area (Å²) in [5, 5.41) is 0. The Bertz CT molecular complexity index is 437. The van der Waals surface area contributed by atoms with E-state index >= 15 is 0 Å². The Labute approximate surface area is 110 Å². The molecular formula is C15H23N3. The van der Waals surface area contributed by atoms with E-state index in [1.165, 1.54) is 30.8 Å². The average Bonchev–Trinajstić information content (AvgIpc) is 2.25. The highest BCUT2D eigenvalue weighted by molar-refractivity contribution is 5.48. The van der Waals surface area contributed by atoms with Gasteiger partial charge in [0, 0.05) is 12.6 Å². The highest BCUT2D eigenvalue weighted by Gasteiger charge is 2.32. The van der Waals surface area contributed by atoms with Crippen LogP contribution in [-0.4, -0.2) is 22.6 Å². The topological polar surface area (TPSA) is 29.0 Å². The van der Waals surface area contributed by atoms with Gasteiger partial charge in [-0.2, -0.15) is 0 Å². The summed E-state index contributed by atoms with van der Waals surface area (Å²) in [6, 6.07) is 0.727. The molecule has 0 N–H and O–H groups in total. The van der Waals surface area contributed by atoms with Gasteiger partial charge in [-0.05, 0) is 37.5 Å². The molecule has 1 aliphatic heterocycles. The molecule has 18 heavy (non-hydrogen) atoms. The minimum absolute atomic E-state index is 0.470. The first kappa shape index (κ1) is 11.9. The fourth-order valence-corrected chi connectivity index (χ4v) is 2.93. The van der Waals surface area contributed by atoms with Crippen molar-refractivity contribution in [2.75, 3.05) is 11.4 Å². The Hall–Kier alpha value is -1.12. The summed E-state index contributed by atoms with van der Waals surface area (Å²) in [5.41, 5.74) is 2.36. The second kappa shape index (κ2) is 4.52. The molecule has 3 heteroatoms. The Morgan fingerprint density at radius 3 is 2.72 bits per heavy atom. The number of aromatic nitrogens is 2. The number of anilines is 1. The predicted molar refractivity (Wildman–Crippen MR) is 74.0 cm³/mol. The molecule has 0 saturated heterocycles. The highest BCUT2D eigenvalue weighted by atomic mass is 15.2. The Balaban J connectivity index is 1.95. The fourth-order valence-electron chi connectivity index (χ4n) is 2.93. The number of rotatable bonds is 2. The quantitative estimate of drug-likeness (QED) is 0.801. The second-order valence-electron chi connectivity index (χ2n) is 6.27. The zero-order chi connectivity index (χ0) is 12.7. The third kappa shape index (κ3) is 2.00. The first-order valence-corrected chi connectivity index (χ1v) is 7.27. The van der Waals surface area contributed by atoms with Crippen LogP contribution in [0.2, 0.25) is 0 Å². The maximum Gasteiger partial charge on any atom is 0.150 e. The average molecular weight is 245 g/mol. The van der Waals surface area contributed by atoms with Crippen molar-refractivity contribution in [3.63, 3.8) is 0 Å². The lowest BCUT2D eigenvalue weighted by molar-refractivity contribution is 0.354. The molecule has 0 bridgehead atoms. The van der Waals surface area contributed by atoms with Crippen molar-refractivity contribution >= 4 is 5.82 Å². The van der Waals surface area contributed by atoms with E-state index in [1.54, 1.807) is 0 Å². The molecule has 0 unspecified atom stereocenters. The predicted octanol–water partition coefficient (Wildman–Crippen LogP) is 3.15. The van der Waals surface area contributed by atoms with Crippen molar-refractivity contribution in [3.8, 4) is 0 Å². The third-order valence-corrected chi connectivity index (χ3v) is 4.27. The van der Waals surface area contributed by atoms with Crippen LogP contribution in [0.5, 0.6) is 0 Å². The van der Waals surface area contributed by atoms with Crippen LogP contribution in [-0.2, 0) is 6.42 Å².